The number of amides is 1. The third-order valence-corrected chi connectivity index (χ3v) is 6.28. The minimum Gasteiger partial charge on any atom is -0.364 e. The zero-order valence-electron chi connectivity index (χ0n) is 18.7. The molecule has 5 aromatic rings. The first kappa shape index (κ1) is 21.8. The van der Waals surface area contributed by atoms with E-state index >= 15 is 0 Å². The molecular weight excluding hydrogens is 494 g/mol. The van der Waals surface area contributed by atoms with Gasteiger partial charge >= 0.3 is 0 Å². The van der Waals surface area contributed by atoms with Crippen LogP contribution in [0, 0.1) is 6.92 Å². The SMILES string of the molecule is CNC(=O)c1cnn2ccc(-c3cc(NCc4ccccc4Br)nn3-c3cccc(C)n3)cc12. The highest BCUT2D eigenvalue weighted by atomic mass is 79.9. The summed E-state index contributed by atoms with van der Waals surface area (Å²) in [5.41, 5.74) is 4.99. The number of rotatable bonds is 6. The van der Waals surface area contributed by atoms with Crippen LogP contribution in [-0.4, -0.2) is 37.3 Å². The fraction of sp³-hybridized carbons (Fsp3) is 0.120. The Kier molecular flexibility index (Phi) is 5.85. The number of nitrogens with one attached hydrogen (secondary N) is 2. The lowest BCUT2D eigenvalue weighted by molar-refractivity contribution is 0.0964. The van der Waals surface area contributed by atoms with Crippen molar-refractivity contribution < 1.29 is 4.79 Å². The van der Waals surface area contributed by atoms with Crippen LogP contribution in [0.3, 0.4) is 0 Å². The molecule has 0 fully saturated rings. The number of anilines is 1. The summed E-state index contributed by atoms with van der Waals surface area (Å²) in [6.07, 6.45) is 3.41. The first-order valence-corrected chi connectivity index (χ1v) is 11.5. The average molecular weight is 516 g/mol. The summed E-state index contributed by atoms with van der Waals surface area (Å²) in [4.78, 5) is 17.0. The van der Waals surface area contributed by atoms with Gasteiger partial charge in [-0.1, -0.05) is 40.2 Å². The first-order chi connectivity index (χ1) is 16.5. The van der Waals surface area contributed by atoms with Crippen molar-refractivity contribution in [3.63, 3.8) is 0 Å². The van der Waals surface area contributed by atoms with Crippen LogP contribution in [-0.2, 0) is 6.54 Å². The molecule has 2 N–H and O–H groups in total. The van der Waals surface area contributed by atoms with Gasteiger partial charge in [-0.15, -0.1) is 5.10 Å². The van der Waals surface area contributed by atoms with Crippen molar-refractivity contribution in [1.29, 1.82) is 0 Å². The average Bonchev–Trinajstić information content (AvgIpc) is 3.47. The Balaban J connectivity index is 1.59. The van der Waals surface area contributed by atoms with Crippen molar-refractivity contribution in [2.45, 2.75) is 13.5 Å². The molecule has 0 spiro atoms. The zero-order valence-corrected chi connectivity index (χ0v) is 20.2. The van der Waals surface area contributed by atoms with Gasteiger partial charge in [0.25, 0.3) is 5.91 Å². The topological polar surface area (TPSA) is 89.1 Å². The second-order valence-electron chi connectivity index (χ2n) is 7.79. The van der Waals surface area contributed by atoms with Gasteiger partial charge < -0.3 is 10.6 Å². The number of benzene rings is 1. The highest BCUT2D eigenvalue weighted by molar-refractivity contribution is 9.10. The summed E-state index contributed by atoms with van der Waals surface area (Å²) < 4.78 is 4.54. The molecule has 0 aliphatic carbocycles. The predicted octanol–water partition coefficient (Wildman–Crippen LogP) is 4.62. The van der Waals surface area contributed by atoms with E-state index in [9.17, 15) is 4.79 Å². The molecule has 0 radical (unpaired) electrons. The number of carbonyl (C=O) groups excluding carboxylic acids is 1. The fourth-order valence-electron chi connectivity index (χ4n) is 3.77. The number of hydrogen-bond donors (Lipinski definition) is 2. The van der Waals surface area contributed by atoms with Crippen LogP contribution in [0.4, 0.5) is 5.82 Å². The quantitative estimate of drug-likeness (QED) is 0.344. The molecule has 0 atom stereocenters. The fourth-order valence-corrected chi connectivity index (χ4v) is 4.20. The number of hydrogen-bond acceptors (Lipinski definition) is 5. The van der Waals surface area contributed by atoms with Crippen LogP contribution in [0.25, 0.3) is 22.6 Å². The summed E-state index contributed by atoms with van der Waals surface area (Å²) >= 11 is 3.60. The van der Waals surface area contributed by atoms with Crippen molar-refractivity contribution in [2.24, 2.45) is 0 Å². The molecule has 0 saturated heterocycles. The smallest absolute Gasteiger partial charge is 0.254 e. The molecule has 170 valence electrons. The van der Waals surface area contributed by atoms with Gasteiger partial charge in [0.2, 0.25) is 0 Å². The summed E-state index contributed by atoms with van der Waals surface area (Å²) in [5.74, 6) is 1.25. The predicted molar refractivity (Wildman–Crippen MR) is 135 cm³/mol. The second-order valence-corrected chi connectivity index (χ2v) is 8.65. The van der Waals surface area contributed by atoms with Crippen molar-refractivity contribution in [1.82, 2.24) is 29.7 Å². The van der Waals surface area contributed by atoms with E-state index in [4.69, 9.17) is 5.10 Å². The molecule has 0 saturated carbocycles. The van der Waals surface area contributed by atoms with Gasteiger partial charge in [0.15, 0.2) is 5.82 Å². The van der Waals surface area contributed by atoms with E-state index in [2.05, 4.69) is 42.7 Å². The number of aromatic nitrogens is 5. The van der Waals surface area contributed by atoms with Gasteiger partial charge in [-0.3, -0.25) is 4.79 Å². The van der Waals surface area contributed by atoms with E-state index in [0.29, 0.717) is 29.3 Å². The lowest BCUT2D eigenvalue weighted by atomic mass is 10.1. The Morgan fingerprint density at radius 1 is 1.09 bits per heavy atom. The molecule has 34 heavy (non-hydrogen) atoms. The number of pyridine rings is 2. The Morgan fingerprint density at radius 3 is 2.74 bits per heavy atom. The monoisotopic (exact) mass is 515 g/mol. The molecule has 0 unspecified atom stereocenters. The molecular formula is C25H22BrN7O. The largest absolute Gasteiger partial charge is 0.364 e. The van der Waals surface area contributed by atoms with Gasteiger partial charge in [-0.2, -0.15) is 5.10 Å². The Hall–Kier alpha value is -3.98. The van der Waals surface area contributed by atoms with Crippen LogP contribution in [0.5, 0.6) is 0 Å². The summed E-state index contributed by atoms with van der Waals surface area (Å²) in [5, 5.41) is 15.2. The van der Waals surface area contributed by atoms with Crippen LogP contribution < -0.4 is 10.6 Å². The van der Waals surface area contributed by atoms with E-state index in [1.54, 1.807) is 17.8 Å². The Bertz CT molecular complexity index is 1500. The lowest BCUT2D eigenvalue weighted by Crippen LogP contribution is -2.17. The number of aryl methyl sites for hydroxylation is 1. The van der Waals surface area contributed by atoms with Crippen LogP contribution in [0.1, 0.15) is 21.6 Å². The molecule has 4 aromatic heterocycles. The summed E-state index contributed by atoms with van der Waals surface area (Å²) in [7, 11) is 1.61. The van der Waals surface area contributed by atoms with Gasteiger partial charge in [-0.25, -0.2) is 14.2 Å². The van der Waals surface area contributed by atoms with Gasteiger partial charge in [0, 0.05) is 41.6 Å². The number of fused-ring (bicyclic) bond motifs is 1. The standard InChI is InChI=1S/C25H22BrN7O/c1-16-6-5-9-24(30-16)33-21(13-23(31-33)28-14-18-7-3-4-8-20(18)26)17-10-11-32-22(12-17)19(15-29-32)25(34)27-2/h3-13,15H,14H2,1-2H3,(H,27,34)(H,28,31). The van der Waals surface area contributed by atoms with Crippen LogP contribution in [0.15, 0.2) is 77.5 Å². The molecule has 8 nitrogen and oxygen atoms in total. The van der Waals surface area contributed by atoms with E-state index in [1.807, 2.05) is 72.4 Å². The highest BCUT2D eigenvalue weighted by Crippen LogP contribution is 2.28. The first-order valence-electron chi connectivity index (χ1n) is 10.7. The molecule has 1 aromatic carbocycles. The van der Waals surface area contributed by atoms with Crippen molar-refractivity contribution in [3.8, 4) is 17.1 Å². The third-order valence-electron chi connectivity index (χ3n) is 5.51. The Labute approximate surface area is 204 Å². The molecule has 9 heteroatoms. The normalized spacial score (nSPS) is 11.0. The summed E-state index contributed by atoms with van der Waals surface area (Å²) in [6.45, 7) is 2.56. The maximum Gasteiger partial charge on any atom is 0.254 e. The van der Waals surface area contributed by atoms with Crippen LogP contribution >= 0.6 is 15.9 Å². The maximum absolute atomic E-state index is 12.3. The van der Waals surface area contributed by atoms with Gasteiger partial charge in [0.1, 0.15) is 5.82 Å². The molecule has 4 heterocycles. The number of nitrogens with zero attached hydrogens (tertiary/aromatic N) is 5. The van der Waals surface area contributed by atoms with E-state index in [-0.39, 0.29) is 5.91 Å². The second kappa shape index (κ2) is 9.11. The molecule has 5 rings (SSSR count). The highest BCUT2D eigenvalue weighted by Gasteiger charge is 2.17. The maximum atomic E-state index is 12.3. The Morgan fingerprint density at radius 2 is 1.94 bits per heavy atom. The third kappa shape index (κ3) is 4.17. The zero-order chi connectivity index (χ0) is 23.7. The molecule has 0 aliphatic heterocycles. The number of halogens is 1. The molecule has 0 aliphatic rings. The van der Waals surface area contributed by atoms with E-state index in [0.717, 1.165) is 27.0 Å². The van der Waals surface area contributed by atoms with E-state index in [1.165, 1.54) is 0 Å². The number of carbonyl (C=O) groups is 1. The van der Waals surface area contributed by atoms with Crippen molar-refractivity contribution in [3.05, 3.63) is 94.4 Å². The van der Waals surface area contributed by atoms with Gasteiger partial charge in [-0.05, 0) is 42.8 Å². The summed E-state index contributed by atoms with van der Waals surface area (Å²) in [6, 6.07) is 19.8. The van der Waals surface area contributed by atoms with E-state index < -0.39 is 0 Å². The lowest BCUT2D eigenvalue weighted by Gasteiger charge is -2.08. The molecule has 1 amide bonds. The minimum atomic E-state index is -0.184. The molecule has 0 bridgehead atoms. The minimum absolute atomic E-state index is 0.184. The van der Waals surface area contributed by atoms with Crippen molar-refractivity contribution in [2.75, 3.05) is 12.4 Å². The van der Waals surface area contributed by atoms with Crippen LogP contribution in [0.2, 0.25) is 0 Å². The van der Waals surface area contributed by atoms with Crippen molar-refractivity contribution >= 4 is 33.2 Å². The van der Waals surface area contributed by atoms with Gasteiger partial charge in [0.05, 0.1) is 23.0 Å².